The number of rotatable bonds is 3. The van der Waals surface area contributed by atoms with E-state index >= 15 is 0 Å². The molecule has 0 nitrogen and oxygen atoms in total. The topological polar surface area (TPSA) is 0 Å². The van der Waals surface area contributed by atoms with Crippen molar-refractivity contribution in [2.24, 2.45) is 0 Å². The molecule has 0 N–H and O–H groups in total. The van der Waals surface area contributed by atoms with Gasteiger partial charge in [0.15, 0.2) is 0 Å². The summed E-state index contributed by atoms with van der Waals surface area (Å²) in [5, 5.41) is 0.819. The van der Waals surface area contributed by atoms with Crippen molar-refractivity contribution in [3.05, 3.63) is 0 Å². The van der Waals surface area contributed by atoms with E-state index in [9.17, 15) is 0 Å². The quantitative estimate of drug-likeness (QED) is 0.278. The fourth-order valence-electron chi connectivity index (χ4n) is 0.599. The molecule has 0 aromatic rings. The Balaban J connectivity index is 2.90. The van der Waals surface area contributed by atoms with E-state index in [-0.39, 0.29) is 0 Å². The second kappa shape index (κ2) is 8.04. The van der Waals surface area contributed by atoms with Crippen LogP contribution in [-0.4, -0.2) is 5.33 Å². The van der Waals surface area contributed by atoms with Gasteiger partial charge in [0.2, 0.25) is 0 Å². The first-order valence-electron chi connectivity index (χ1n) is 3.43. The van der Waals surface area contributed by atoms with Gasteiger partial charge in [-0.25, -0.2) is 0 Å². The fourth-order valence-corrected chi connectivity index (χ4v) is 0.797. The molecule has 0 aliphatic heterocycles. The number of alkyl halides is 1. The van der Waals surface area contributed by atoms with Crippen LogP contribution in [0.5, 0.6) is 0 Å². The third-order valence-corrected chi connectivity index (χ3v) is 1.38. The predicted octanol–water partition coefficient (Wildman–Crippen LogP) is 2.97. The molecule has 0 saturated carbocycles. The van der Waals surface area contributed by atoms with E-state index in [0.717, 1.165) is 11.8 Å². The molecular weight excluding hydrogens is 177 g/mol. The Bertz CT molecular complexity index is 96.9. The lowest BCUT2D eigenvalue weighted by Crippen LogP contribution is -1.70. The van der Waals surface area contributed by atoms with Gasteiger partial charge in [-0.05, 0) is 6.42 Å². The minimum atomic E-state index is 0.819. The van der Waals surface area contributed by atoms with Crippen LogP contribution in [0.2, 0.25) is 0 Å². The highest BCUT2D eigenvalue weighted by Crippen LogP contribution is 1.96. The molecular formula is C8H13Br. The van der Waals surface area contributed by atoms with Gasteiger partial charge in [0.1, 0.15) is 0 Å². The molecule has 0 aromatic heterocycles. The van der Waals surface area contributed by atoms with Crippen LogP contribution >= 0.6 is 15.9 Å². The van der Waals surface area contributed by atoms with Gasteiger partial charge < -0.3 is 0 Å². The van der Waals surface area contributed by atoms with Gasteiger partial charge in [-0.3, -0.25) is 0 Å². The van der Waals surface area contributed by atoms with Gasteiger partial charge in [-0.15, -0.1) is 5.92 Å². The summed E-state index contributed by atoms with van der Waals surface area (Å²) in [4.78, 5) is 0. The van der Waals surface area contributed by atoms with E-state index in [0.29, 0.717) is 0 Å². The molecule has 0 unspecified atom stereocenters. The van der Waals surface area contributed by atoms with E-state index in [1.807, 2.05) is 0 Å². The average molecular weight is 190 g/mol. The zero-order valence-corrected chi connectivity index (χ0v) is 7.50. The maximum Gasteiger partial charge on any atom is 0.0645 e. The molecule has 0 heterocycles. The first-order chi connectivity index (χ1) is 4.41. The minimum Gasteiger partial charge on any atom is -0.102 e. The van der Waals surface area contributed by atoms with E-state index in [1.54, 1.807) is 0 Å². The van der Waals surface area contributed by atoms with Crippen LogP contribution in [0, 0.1) is 11.8 Å². The fraction of sp³-hybridized carbons (Fsp3) is 0.750. The lowest BCUT2D eigenvalue weighted by Gasteiger charge is -1.87. The normalized spacial score (nSPS) is 8.22. The highest BCUT2D eigenvalue weighted by atomic mass is 79.9. The van der Waals surface area contributed by atoms with E-state index < -0.39 is 0 Å². The standard InChI is InChI=1S/C8H13Br/c1-2-3-4-5-6-7-8-9/h2-5,8H2,1H3/i8+1. The molecule has 0 aliphatic carbocycles. The van der Waals surface area contributed by atoms with Crippen LogP contribution in [-0.2, 0) is 0 Å². The molecule has 0 atom stereocenters. The lowest BCUT2D eigenvalue weighted by atomic mass is 10.2. The van der Waals surface area contributed by atoms with Gasteiger partial charge in [0.05, 0.1) is 5.33 Å². The summed E-state index contributed by atoms with van der Waals surface area (Å²) < 4.78 is 0. The highest BCUT2D eigenvalue weighted by molar-refractivity contribution is 9.09. The van der Waals surface area contributed by atoms with Crippen LogP contribution in [0.15, 0.2) is 0 Å². The summed E-state index contributed by atoms with van der Waals surface area (Å²) in [6.07, 6.45) is 4.93. The van der Waals surface area contributed by atoms with Gasteiger partial charge in [0.25, 0.3) is 0 Å². The van der Waals surface area contributed by atoms with Crippen molar-refractivity contribution < 1.29 is 0 Å². The summed E-state index contributed by atoms with van der Waals surface area (Å²) in [5.74, 6) is 6.05. The van der Waals surface area contributed by atoms with Gasteiger partial charge in [-0.1, -0.05) is 41.6 Å². The summed E-state index contributed by atoms with van der Waals surface area (Å²) in [5.41, 5.74) is 0. The second-order valence-corrected chi connectivity index (χ2v) is 2.51. The van der Waals surface area contributed by atoms with E-state index in [4.69, 9.17) is 0 Å². The second-order valence-electron chi connectivity index (χ2n) is 1.94. The highest BCUT2D eigenvalue weighted by Gasteiger charge is 1.79. The summed E-state index contributed by atoms with van der Waals surface area (Å²) >= 11 is 3.24. The Morgan fingerprint density at radius 3 is 2.56 bits per heavy atom. The molecule has 0 aromatic carbocycles. The maximum atomic E-state index is 3.24. The Labute approximate surface area is 66.2 Å². The number of hydrogen-bond donors (Lipinski definition) is 0. The Morgan fingerprint density at radius 2 is 2.00 bits per heavy atom. The lowest BCUT2D eigenvalue weighted by molar-refractivity contribution is 0.737. The zero-order valence-electron chi connectivity index (χ0n) is 5.91. The Morgan fingerprint density at radius 1 is 1.22 bits per heavy atom. The predicted molar refractivity (Wildman–Crippen MR) is 45.7 cm³/mol. The molecule has 9 heavy (non-hydrogen) atoms. The number of halogens is 1. The molecule has 0 bridgehead atoms. The molecule has 0 amide bonds. The van der Waals surface area contributed by atoms with Crippen molar-refractivity contribution in [1.29, 1.82) is 0 Å². The van der Waals surface area contributed by atoms with E-state index in [2.05, 4.69) is 34.7 Å². The monoisotopic (exact) mass is 189 g/mol. The maximum absolute atomic E-state index is 3.24. The van der Waals surface area contributed by atoms with Crippen molar-refractivity contribution in [3.63, 3.8) is 0 Å². The molecule has 0 aliphatic rings. The minimum absolute atomic E-state index is 0.819. The summed E-state index contributed by atoms with van der Waals surface area (Å²) in [6, 6.07) is 0. The third-order valence-electron chi connectivity index (χ3n) is 1.10. The molecule has 0 rings (SSSR count). The number of unbranched alkanes of at least 4 members (excludes halogenated alkanes) is 3. The van der Waals surface area contributed by atoms with Crippen molar-refractivity contribution in [1.82, 2.24) is 0 Å². The first-order valence-corrected chi connectivity index (χ1v) is 4.55. The van der Waals surface area contributed by atoms with Gasteiger partial charge in [-0.2, -0.15) is 0 Å². The van der Waals surface area contributed by atoms with Crippen molar-refractivity contribution in [3.8, 4) is 11.8 Å². The molecule has 52 valence electrons. The van der Waals surface area contributed by atoms with Crippen LogP contribution in [0.1, 0.15) is 32.6 Å². The van der Waals surface area contributed by atoms with Crippen LogP contribution in [0.4, 0.5) is 0 Å². The smallest absolute Gasteiger partial charge is 0.0645 e. The van der Waals surface area contributed by atoms with Crippen LogP contribution in [0.25, 0.3) is 0 Å². The van der Waals surface area contributed by atoms with Gasteiger partial charge in [0, 0.05) is 6.42 Å². The van der Waals surface area contributed by atoms with Gasteiger partial charge >= 0.3 is 0 Å². The van der Waals surface area contributed by atoms with Crippen molar-refractivity contribution >= 4 is 15.9 Å². The molecule has 0 spiro atoms. The SMILES string of the molecule is CCCCCC#C[13CH2]Br. The Kier molecular flexibility index (Phi) is 8.08. The first kappa shape index (κ1) is 9.04. The molecule has 0 radical (unpaired) electrons. The molecule has 0 fully saturated rings. The summed E-state index contributed by atoms with van der Waals surface area (Å²) in [7, 11) is 0. The third kappa shape index (κ3) is 8.04. The Hall–Kier alpha value is 0.0400. The zero-order chi connectivity index (χ0) is 6.95. The van der Waals surface area contributed by atoms with Crippen molar-refractivity contribution in [2.45, 2.75) is 32.6 Å². The summed E-state index contributed by atoms with van der Waals surface area (Å²) in [6.45, 7) is 2.21. The largest absolute Gasteiger partial charge is 0.102 e. The van der Waals surface area contributed by atoms with Crippen LogP contribution < -0.4 is 0 Å². The molecule has 1 heteroatoms. The van der Waals surface area contributed by atoms with Crippen molar-refractivity contribution in [2.75, 3.05) is 5.33 Å². The van der Waals surface area contributed by atoms with E-state index in [1.165, 1.54) is 19.3 Å². The molecule has 0 saturated heterocycles. The number of hydrogen-bond acceptors (Lipinski definition) is 0. The average Bonchev–Trinajstić information content (AvgIpc) is 1.89. The van der Waals surface area contributed by atoms with Crippen LogP contribution in [0.3, 0.4) is 0 Å².